The van der Waals surface area contributed by atoms with Crippen LogP contribution in [0.1, 0.15) is 18.9 Å². The topological polar surface area (TPSA) is 43.4 Å². The second kappa shape index (κ2) is 3.84. The van der Waals surface area contributed by atoms with Gasteiger partial charge in [0, 0.05) is 23.5 Å². The molecule has 0 amide bonds. The standard InChI is InChI=1S/C12H16N2/c1-2-10(13)7-9-8-14-12-6-4-3-5-11(9)12/h3-6,8,10,14H,2,7,13H2,1H3/p+1/t10-/m1/s1. The summed E-state index contributed by atoms with van der Waals surface area (Å²) in [5.74, 6) is 0. The Morgan fingerprint density at radius 1 is 1.36 bits per heavy atom. The van der Waals surface area contributed by atoms with Gasteiger partial charge in [0.25, 0.3) is 0 Å². The van der Waals surface area contributed by atoms with Gasteiger partial charge in [-0.3, -0.25) is 0 Å². The Hall–Kier alpha value is -1.28. The first-order chi connectivity index (χ1) is 6.81. The lowest BCUT2D eigenvalue weighted by Crippen LogP contribution is -2.61. The number of nitrogens with one attached hydrogen (secondary N) is 1. The number of quaternary nitrogens is 1. The van der Waals surface area contributed by atoms with Crippen LogP contribution in [0, 0.1) is 0 Å². The van der Waals surface area contributed by atoms with E-state index < -0.39 is 0 Å². The van der Waals surface area contributed by atoms with Crippen LogP contribution in [0.4, 0.5) is 0 Å². The molecule has 2 heteroatoms. The highest BCUT2D eigenvalue weighted by Gasteiger charge is 2.08. The SMILES string of the molecule is CC[C@@H]([NH3+])Cc1c[nH]c2ccccc12. The molecule has 0 bridgehead atoms. The van der Waals surface area contributed by atoms with Crippen LogP contribution in [0.25, 0.3) is 10.9 Å². The second-order valence-electron chi connectivity index (χ2n) is 3.84. The molecule has 0 saturated heterocycles. The van der Waals surface area contributed by atoms with Crippen molar-refractivity contribution in [2.75, 3.05) is 0 Å². The highest BCUT2D eigenvalue weighted by atomic mass is 14.7. The molecule has 14 heavy (non-hydrogen) atoms. The number of fused-ring (bicyclic) bond motifs is 1. The predicted molar refractivity (Wildman–Crippen MR) is 59.0 cm³/mol. The van der Waals surface area contributed by atoms with Gasteiger partial charge in [0.1, 0.15) is 0 Å². The molecule has 0 unspecified atom stereocenters. The lowest BCUT2D eigenvalue weighted by atomic mass is 10.0. The van der Waals surface area contributed by atoms with Crippen molar-refractivity contribution in [2.45, 2.75) is 25.8 Å². The van der Waals surface area contributed by atoms with E-state index in [0.717, 1.165) is 12.8 Å². The fourth-order valence-electron chi connectivity index (χ4n) is 1.76. The summed E-state index contributed by atoms with van der Waals surface area (Å²) in [6, 6.07) is 8.95. The minimum absolute atomic E-state index is 0.522. The van der Waals surface area contributed by atoms with Crippen LogP contribution >= 0.6 is 0 Å². The molecule has 0 fully saturated rings. The molecule has 2 nitrogen and oxygen atoms in total. The van der Waals surface area contributed by atoms with Crippen LogP contribution < -0.4 is 5.73 Å². The molecule has 1 aromatic carbocycles. The number of para-hydroxylation sites is 1. The van der Waals surface area contributed by atoms with Gasteiger partial charge in [-0.2, -0.15) is 0 Å². The Morgan fingerprint density at radius 2 is 2.14 bits per heavy atom. The third-order valence-corrected chi connectivity index (χ3v) is 2.76. The maximum atomic E-state index is 4.12. The van der Waals surface area contributed by atoms with E-state index in [9.17, 15) is 0 Å². The lowest BCUT2D eigenvalue weighted by Gasteiger charge is -2.03. The summed E-state index contributed by atoms with van der Waals surface area (Å²) in [4.78, 5) is 3.29. The average Bonchev–Trinajstić information content (AvgIpc) is 2.62. The Morgan fingerprint density at radius 3 is 2.93 bits per heavy atom. The first-order valence-corrected chi connectivity index (χ1v) is 5.19. The normalized spacial score (nSPS) is 13.3. The molecule has 1 aromatic heterocycles. The number of hydrogen-bond donors (Lipinski definition) is 2. The second-order valence-corrected chi connectivity index (χ2v) is 3.84. The van der Waals surface area contributed by atoms with Crippen molar-refractivity contribution in [3.8, 4) is 0 Å². The molecule has 0 radical (unpaired) electrons. The van der Waals surface area contributed by atoms with Crippen LogP contribution in [0.15, 0.2) is 30.5 Å². The van der Waals surface area contributed by atoms with Crippen LogP contribution in [-0.2, 0) is 6.42 Å². The van der Waals surface area contributed by atoms with Crippen LogP contribution in [-0.4, -0.2) is 11.0 Å². The molecule has 1 heterocycles. The predicted octanol–water partition coefficient (Wildman–Crippen LogP) is 1.73. The molecule has 0 saturated carbocycles. The van der Waals surface area contributed by atoms with E-state index in [1.54, 1.807) is 0 Å². The van der Waals surface area contributed by atoms with Crippen molar-refractivity contribution in [3.05, 3.63) is 36.0 Å². The molecule has 2 aromatic rings. The van der Waals surface area contributed by atoms with Crippen molar-refractivity contribution in [3.63, 3.8) is 0 Å². The summed E-state index contributed by atoms with van der Waals surface area (Å²) >= 11 is 0. The zero-order valence-corrected chi connectivity index (χ0v) is 8.59. The summed E-state index contributed by atoms with van der Waals surface area (Å²) in [6.07, 6.45) is 4.32. The van der Waals surface area contributed by atoms with Crippen LogP contribution in [0.5, 0.6) is 0 Å². The van der Waals surface area contributed by atoms with E-state index in [4.69, 9.17) is 0 Å². The zero-order valence-electron chi connectivity index (χ0n) is 8.59. The fraction of sp³-hybridized carbons (Fsp3) is 0.333. The third kappa shape index (κ3) is 1.66. The van der Waals surface area contributed by atoms with E-state index in [2.05, 4.69) is 48.1 Å². The van der Waals surface area contributed by atoms with Crippen molar-refractivity contribution in [1.82, 2.24) is 4.98 Å². The van der Waals surface area contributed by atoms with Gasteiger partial charge in [-0.05, 0) is 18.1 Å². The number of rotatable bonds is 3. The summed E-state index contributed by atoms with van der Waals surface area (Å²) < 4.78 is 0. The largest absolute Gasteiger partial charge is 0.361 e. The molecule has 4 N–H and O–H groups in total. The monoisotopic (exact) mass is 189 g/mol. The third-order valence-electron chi connectivity index (χ3n) is 2.76. The first-order valence-electron chi connectivity index (χ1n) is 5.19. The molecule has 0 aliphatic rings. The molecule has 0 aliphatic heterocycles. The van der Waals surface area contributed by atoms with Gasteiger partial charge in [-0.25, -0.2) is 0 Å². The van der Waals surface area contributed by atoms with E-state index in [1.165, 1.54) is 16.5 Å². The molecule has 0 aliphatic carbocycles. The van der Waals surface area contributed by atoms with Crippen molar-refractivity contribution in [2.24, 2.45) is 0 Å². The van der Waals surface area contributed by atoms with Gasteiger partial charge < -0.3 is 10.7 Å². The highest BCUT2D eigenvalue weighted by Crippen LogP contribution is 2.18. The Balaban J connectivity index is 2.33. The van der Waals surface area contributed by atoms with Gasteiger partial charge >= 0.3 is 0 Å². The summed E-state index contributed by atoms with van der Waals surface area (Å²) in [6.45, 7) is 2.19. The zero-order chi connectivity index (χ0) is 9.97. The minimum Gasteiger partial charge on any atom is -0.361 e. The number of hydrogen-bond acceptors (Lipinski definition) is 0. The van der Waals surface area contributed by atoms with E-state index in [-0.39, 0.29) is 0 Å². The number of aromatic amines is 1. The lowest BCUT2D eigenvalue weighted by molar-refractivity contribution is -0.419. The number of H-pyrrole nitrogens is 1. The van der Waals surface area contributed by atoms with Gasteiger partial charge in [0.15, 0.2) is 0 Å². The van der Waals surface area contributed by atoms with E-state index in [0.29, 0.717) is 6.04 Å². The first kappa shape index (κ1) is 9.28. The summed E-state index contributed by atoms with van der Waals surface area (Å²) in [7, 11) is 0. The maximum Gasteiger partial charge on any atom is 0.0882 e. The smallest absolute Gasteiger partial charge is 0.0882 e. The molecule has 0 spiro atoms. The summed E-state index contributed by atoms with van der Waals surface area (Å²) in [5.41, 5.74) is 6.74. The van der Waals surface area contributed by atoms with Crippen LogP contribution in [0.2, 0.25) is 0 Å². The molecule has 2 rings (SSSR count). The number of aromatic nitrogens is 1. The Labute approximate surface area is 84.1 Å². The van der Waals surface area contributed by atoms with Gasteiger partial charge in [0.05, 0.1) is 6.04 Å². The van der Waals surface area contributed by atoms with Gasteiger partial charge in [-0.15, -0.1) is 0 Å². The number of benzene rings is 1. The molecular weight excluding hydrogens is 172 g/mol. The maximum absolute atomic E-state index is 4.12. The van der Waals surface area contributed by atoms with Crippen LogP contribution in [0.3, 0.4) is 0 Å². The molecule has 1 atom stereocenters. The Bertz CT molecular complexity index is 417. The Kier molecular flexibility index (Phi) is 2.55. The highest BCUT2D eigenvalue weighted by molar-refractivity contribution is 5.83. The quantitative estimate of drug-likeness (QED) is 0.738. The fourth-order valence-corrected chi connectivity index (χ4v) is 1.76. The average molecular weight is 189 g/mol. The van der Waals surface area contributed by atoms with Gasteiger partial charge in [-0.1, -0.05) is 25.1 Å². The molecular formula is C12H17N2+. The van der Waals surface area contributed by atoms with Crippen molar-refractivity contribution in [1.29, 1.82) is 0 Å². The van der Waals surface area contributed by atoms with Gasteiger partial charge in [0.2, 0.25) is 0 Å². The summed E-state index contributed by atoms with van der Waals surface area (Å²) in [5, 5.41) is 1.34. The van der Waals surface area contributed by atoms with Crippen molar-refractivity contribution < 1.29 is 5.73 Å². The van der Waals surface area contributed by atoms with Crippen molar-refractivity contribution >= 4 is 10.9 Å². The van der Waals surface area contributed by atoms with E-state index >= 15 is 0 Å². The minimum atomic E-state index is 0.522. The van der Waals surface area contributed by atoms with E-state index in [1.807, 2.05) is 0 Å². The molecule has 74 valence electrons.